The van der Waals surface area contributed by atoms with E-state index in [2.05, 4.69) is 15.6 Å². The van der Waals surface area contributed by atoms with E-state index in [9.17, 15) is 0 Å². The van der Waals surface area contributed by atoms with Gasteiger partial charge in [0, 0.05) is 17.1 Å². The van der Waals surface area contributed by atoms with Crippen LogP contribution in [0.3, 0.4) is 0 Å². The van der Waals surface area contributed by atoms with Crippen molar-refractivity contribution in [1.82, 2.24) is 10.6 Å². The molecular weight excluding hydrogens is 441 g/mol. The number of guanidine groups is 1. The summed E-state index contributed by atoms with van der Waals surface area (Å²) in [5.41, 5.74) is 0.992. The highest BCUT2D eigenvalue weighted by Gasteiger charge is 2.05. The van der Waals surface area contributed by atoms with E-state index < -0.39 is 0 Å². The number of nitrogens with zero attached hydrogens (tertiary/aromatic N) is 1. The number of halogens is 2. The Balaban J connectivity index is 0.00000288. The van der Waals surface area contributed by atoms with Gasteiger partial charge in [-0.2, -0.15) is 0 Å². The van der Waals surface area contributed by atoms with Crippen LogP contribution in [0, 0.1) is 0 Å². The van der Waals surface area contributed by atoms with Crippen LogP contribution in [0.4, 0.5) is 0 Å². The minimum atomic E-state index is 0. The summed E-state index contributed by atoms with van der Waals surface area (Å²) >= 11 is 6.02. The summed E-state index contributed by atoms with van der Waals surface area (Å²) in [6.07, 6.45) is 1.66. The molecule has 0 aliphatic rings. The molecule has 0 bridgehead atoms. The van der Waals surface area contributed by atoms with Gasteiger partial charge in [0.15, 0.2) is 5.96 Å². The van der Waals surface area contributed by atoms with Crippen LogP contribution in [0.25, 0.3) is 0 Å². The number of hydrogen-bond donors (Lipinski definition) is 2. The number of nitrogens with one attached hydrogen (secondary N) is 2. The predicted octanol–water partition coefficient (Wildman–Crippen LogP) is 4.21. The summed E-state index contributed by atoms with van der Waals surface area (Å²) in [4.78, 5) is 4.59. The first-order valence-corrected chi connectivity index (χ1v) is 8.06. The number of aliphatic imine (C=N–C) groups is 1. The zero-order valence-corrected chi connectivity index (χ0v) is 16.9. The average molecular weight is 464 g/mol. The van der Waals surface area contributed by atoms with Crippen molar-refractivity contribution >= 4 is 41.5 Å². The van der Waals surface area contributed by atoms with Crippen molar-refractivity contribution in [3.63, 3.8) is 0 Å². The second-order valence-electron chi connectivity index (χ2n) is 4.81. The van der Waals surface area contributed by atoms with Crippen molar-refractivity contribution < 1.29 is 9.15 Å². The van der Waals surface area contributed by atoms with Crippen LogP contribution in [0.2, 0.25) is 5.02 Å². The molecule has 0 radical (unpaired) electrons. The summed E-state index contributed by atoms with van der Waals surface area (Å²) in [7, 11) is 0. The third-order valence-electron chi connectivity index (χ3n) is 3.09. The van der Waals surface area contributed by atoms with E-state index in [0.29, 0.717) is 24.7 Å². The van der Waals surface area contributed by atoms with Gasteiger partial charge in [-0.05, 0) is 38.1 Å². The van der Waals surface area contributed by atoms with E-state index >= 15 is 0 Å². The molecule has 0 saturated heterocycles. The molecule has 2 rings (SSSR count). The highest BCUT2D eigenvalue weighted by Crippen LogP contribution is 2.24. The molecule has 0 unspecified atom stereocenters. The maximum atomic E-state index is 6.02. The predicted molar refractivity (Wildman–Crippen MR) is 108 cm³/mol. The van der Waals surface area contributed by atoms with Gasteiger partial charge in [0.2, 0.25) is 0 Å². The third kappa shape index (κ3) is 6.60. The quantitative estimate of drug-likeness (QED) is 0.367. The molecule has 2 aromatic rings. The first-order valence-electron chi connectivity index (χ1n) is 7.68. The van der Waals surface area contributed by atoms with Gasteiger partial charge in [0.25, 0.3) is 0 Å². The molecule has 2 N–H and O–H groups in total. The Hall–Kier alpha value is -1.41. The van der Waals surface area contributed by atoms with E-state index in [1.165, 1.54) is 0 Å². The van der Waals surface area contributed by atoms with Gasteiger partial charge >= 0.3 is 0 Å². The molecule has 0 amide bonds. The Bertz CT molecular complexity index is 633. The van der Waals surface area contributed by atoms with Crippen LogP contribution in [0.5, 0.6) is 5.75 Å². The first kappa shape index (κ1) is 20.6. The Labute approximate surface area is 164 Å². The van der Waals surface area contributed by atoms with Gasteiger partial charge in [0.05, 0.1) is 26.0 Å². The van der Waals surface area contributed by atoms with Crippen LogP contribution >= 0.6 is 35.6 Å². The summed E-state index contributed by atoms with van der Waals surface area (Å²) in [5.74, 6) is 2.35. The van der Waals surface area contributed by atoms with Crippen LogP contribution < -0.4 is 15.4 Å². The first-order chi connectivity index (χ1) is 11.2. The molecule has 1 heterocycles. The van der Waals surface area contributed by atoms with Crippen LogP contribution in [-0.2, 0) is 13.1 Å². The van der Waals surface area contributed by atoms with E-state index in [-0.39, 0.29) is 24.0 Å². The largest absolute Gasteiger partial charge is 0.493 e. The molecule has 1 aromatic carbocycles. The maximum Gasteiger partial charge on any atom is 0.191 e. The fourth-order valence-electron chi connectivity index (χ4n) is 2.04. The number of hydrogen-bond acceptors (Lipinski definition) is 3. The van der Waals surface area contributed by atoms with Crippen molar-refractivity contribution in [2.45, 2.75) is 26.9 Å². The average Bonchev–Trinajstić information content (AvgIpc) is 3.05. The molecule has 132 valence electrons. The van der Waals surface area contributed by atoms with Crippen LogP contribution in [0.1, 0.15) is 25.2 Å². The topological polar surface area (TPSA) is 58.8 Å². The minimum Gasteiger partial charge on any atom is -0.493 e. The van der Waals surface area contributed by atoms with Gasteiger partial charge in [-0.15, -0.1) is 24.0 Å². The van der Waals surface area contributed by atoms with Crippen molar-refractivity contribution in [1.29, 1.82) is 0 Å². The number of ether oxygens (including phenoxy) is 1. The number of furan rings is 1. The molecule has 0 aliphatic carbocycles. The van der Waals surface area contributed by atoms with E-state index in [1.54, 1.807) is 6.26 Å². The smallest absolute Gasteiger partial charge is 0.191 e. The van der Waals surface area contributed by atoms with Crippen molar-refractivity contribution in [2.24, 2.45) is 4.99 Å². The molecule has 24 heavy (non-hydrogen) atoms. The van der Waals surface area contributed by atoms with Crippen molar-refractivity contribution in [3.8, 4) is 5.75 Å². The van der Waals surface area contributed by atoms with Crippen LogP contribution in [-0.4, -0.2) is 19.1 Å². The van der Waals surface area contributed by atoms with Crippen molar-refractivity contribution in [2.75, 3.05) is 13.2 Å². The van der Waals surface area contributed by atoms with E-state index in [4.69, 9.17) is 20.8 Å². The molecular formula is C17H23ClIN3O2. The van der Waals surface area contributed by atoms with Gasteiger partial charge in [-0.3, -0.25) is 0 Å². The highest BCUT2D eigenvalue weighted by molar-refractivity contribution is 14.0. The Morgan fingerprint density at radius 3 is 2.75 bits per heavy atom. The third-order valence-corrected chi connectivity index (χ3v) is 3.33. The lowest BCUT2D eigenvalue weighted by Gasteiger charge is -2.12. The second kappa shape index (κ2) is 11.2. The molecule has 0 aliphatic heterocycles. The summed E-state index contributed by atoms with van der Waals surface area (Å²) in [6.45, 7) is 6.43. The van der Waals surface area contributed by atoms with E-state index in [1.807, 2.05) is 44.2 Å². The van der Waals surface area contributed by atoms with Crippen molar-refractivity contribution in [3.05, 3.63) is 52.9 Å². The molecule has 5 nitrogen and oxygen atoms in total. The van der Waals surface area contributed by atoms with E-state index in [0.717, 1.165) is 29.6 Å². The summed E-state index contributed by atoms with van der Waals surface area (Å²) < 4.78 is 10.9. The molecule has 0 spiro atoms. The zero-order chi connectivity index (χ0) is 16.5. The molecule has 7 heteroatoms. The van der Waals surface area contributed by atoms with Gasteiger partial charge < -0.3 is 19.8 Å². The maximum absolute atomic E-state index is 6.02. The van der Waals surface area contributed by atoms with Crippen LogP contribution in [0.15, 0.2) is 46.0 Å². The van der Waals surface area contributed by atoms with Gasteiger partial charge in [-0.25, -0.2) is 4.99 Å². The number of benzene rings is 1. The lowest BCUT2D eigenvalue weighted by atomic mass is 10.2. The normalized spacial score (nSPS) is 10.9. The second-order valence-corrected chi connectivity index (χ2v) is 5.25. The standard InChI is InChI=1S/C17H22ClN3O2.HI/c1-3-19-17(21-12-15-6-5-9-23-15)20-11-13-7-8-14(18)10-16(13)22-4-2;/h5-10H,3-4,11-12H2,1-2H3,(H2,19,20,21);1H. The van der Waals surface area contributed by atoms with Gasteiger partial charge in [-0.1, -0.05) is 17.7 Å². The Morgan fingerprint density at radius 1 is 1.25 bits per heavy atom. The molecule has 0 atom stereocenters. The number of rotatable bonds is 7. The highest BCUT2D eigenvalue weighted by atomic mass is 127. The fraction of sp³-hybridized carbons (Fsp3) is 0.353. The molecule has 0 fully saturated rings. The monoisotopic (exact) mass is 463 g/mol. The lowest BCUT2D eigenvalue weighted by molar-refractivity contribution is 0.336. The van der Waals surface area contributed by atoms with Gasteiger partial charge in [0.1, 0.15) is 11.5 Å². The summed E-state index contributed by atoms with van der Waals surface area (Å²) in [6, 6.07) is 9.39. The molecule has 0 saturated carbocycles. The fourth-order valence-corrected chi connectivity index (χ4v) is 2.20. The Kier molecular flexibility index (Phi) is 9.63. The zero-order valence-electron chi connectivity index (χ0n) is 13.8. The molecule has 1 aromatic heterocycles. The Morgan fingerprint density at radius 2 is 2.08 bits per heavy atom. The lowest BCUT2D eigenvalue weighted by Crippen LogP contribution is -2.36. The minimum absolute atomic E-state index is 0. The summed E-state index contributed by atoms with van der Waals surface area (Å²) in [5, 5.41) is 7.10. The SMILES string of the molecule is CCNC(=NCc1ccc(Cl)cc1OCC)NCc1ccco1.I.